The average Bonchev–Trinajstić information content (AvgIpc) is 2.61. The van der Waals surface area contributed by atoms with Gasteiger partial charge in [-0.3, -0.25) is 0 Å². The van der Waals surface area contributed by atoms with Crippen molar-refractivity contribution in [3.05, 3.63) is 23.2 Å². The summed E-state index contributed by atoms with van der Waals surface area (Å²) in [7, 11) is 0. The molecule has 1 N–H and O–H groups in total. The zero-order valence-electron chi connectivity index (χ0n) is 12.4. The van der Waals surface area contributed by atoms with Gasteiger partial charge in [0.05, 0.1) is 0 Å². The van der Waals surface area contributed by atoms with Crippen LogP contribution in [0.15, 0.2) is 10.5 Å². The van der Waals surface area contributed by atoms with Crippen molar-refractivity contribution in [3.63, 3.8) is 0 Å². The molecule has 0 aromatic carbocycles. The highest BCUT2D eigenvalue weighted by molar-refractivity contribution is 5.20. The van der Waals surface area contributed by atoms with Gasteiger partial charge >= 0.3 is 0 Å². The molecule has 0 spiro atoms. The fraction of sp³-hybridized carbons (Fsp3) is 0.733. The molecule has 1 rings (SSSR count). The van der Waals surface area contributed by atoms with Gasteiger partial charge in [0.2, 0.25) is 0 Å². The Morgan fingerprint density at radius 1 is 1.33 bits per heavy atom. The quantitative estimate of drug-likeness (QED) is 0.753. The summed E-state index contributed by atoms with van der Waals surface area (Å²) < 4.78 is 11.3. The van der Waals surface area contributed by atoms with Crippen molar-refractivity contribution in [1.29, 1.82) is 0 Å². The lowest BCUT2D eigenvalue weighted by Gasteiger charge is -2.17. The largest absolute Gasteiger partial charge is 0.464 e. The van der Waals surface area contributed by atoms with Crippen molar-refractivity contribution in [1.82, 2.24) is 5.32 Å². The average molecular weight is 253 g/mol. The Balaban J connectivity index is 2.34. The first-order valence-electron chi connectivity index (χ1n) is 6.79. The molecule has 1 aromatic heterocycles. The highest BCUT2D eigenvalue weighted by Crippen LogP contribution is 2.19. The predicted molar refractivity (Wildman–Crippen MR) is 74.6 cm³/mol. The standard InChI is InChI=1S/C15H27NO2/c1-6-16-10-13-9-14(18-12(13)2)11-17-8-7-15(3,4)5/h9,16H,6-8,10-11H2,1-5H3. The molecule has 0 bridgehead atoms. The maximum atomic E-state index is 5.68. The molecule has 0 aliphatic carbocycles. The second-order valence-electron chi connectivity index (χ2n) is 5.94. The molecular formula is C15H27NO2. The predicted octanol–water partition coefficient (Wildman–Crippen LogP) is 3.65. The highest BCUT2D eigenvalue weighted by Gasteiger charge is 2.10. The summed E-state index contributed by atoms with van der Waals surface area (Å²) in [5.74, 6) is 1.92. The van der Waals surface area contributed by atoms with E-state index in [0.29, 0.717) is 12.0 Å². The number of aryl methyl sites for hydroxylation is 1. The summed E-state index contributed by atoms with van der Waals surface area (Å²) in [6.07, 6.45) is 1.07. The Morgan fingerprint density at radius 3 is 2.67 bits per heavy atom. The van der Waals surface area contributed by atoms with Crippen molar-refractivity contribution in [2.75, 3.05) is 13.2 Å². The lowest BCUT2D eigenvalue weighted by atomic mass is 9.93. The normalized spacial score (nSPS) is 12.1. The van der Waals surface area contributed by atoms with Crippen LogP contribution in [0.1, 0.15) is 51.2 Å². The van der Waals surface area contributed by atoms with Gasteiger partial charge in [0, 0.05) is 18.7 Å². The summed E-state index contributed by atoms with van der Waals surface area (Å²) >= 11 is 0. The van der Waals surface area contributed by atoms with Crippen molar-refractivity contribution in [2.45, 2.75) is 54.2 Å². The molecule has 0 saturated heterocycles. The van der Waals surface area contributed by atoms with E-state index in [1.165, 1.54) is 5.56 Å². The van der Waals surface area contributed by atoms with Gasteiger partial charge < -0.3 is 14.5 Å². The molecule has 0 amide bonds. The third kappa shape index (κ3) is 5.69. The van der Waals surface area contributed by atoms with Crippen LogP contribution >= 0.6 is 0 Å². The van der Waals surface area contributed by atoms with Gasteiger partial charge in [0.1, 0.15) is 18.1 Å². The first kappa shape index (κ1) is 15.3. The first-order chi connectivity index (χ1) is 8.42. The second kappa shape index (κ2) is 6.95. The number of hydrogen-bond donors (Lipinski definition) is 1. The van der Waals surface area contributed by atoms with Crippen molar-refractivity contribution >= 4 is 0 Å². The van der Waals surface area contributed by atoms with E-state index in [1.807, 2.05) is 6.92 Å². The van der Waals surface area contributed by atoms with Gasteiger partial charge in [-0.15, -0.1) is 0 Å². The number of hydrogen-bond acceptors (Lipinski definition) is 3. The van der Waals surface area contributed by atoms with Crippen LogP contribution in [0.2, 0.25) is 0 Å². The minimum Gasteiger partial charge on any atom is -0.464 e. The molecule has 0 saturated carbocycles. The van der Waals surface area contributed by atoms with Gasteiger partial charge in [-0.2, -0.15) is 0 Å². The van der Waals surface area contributed by atoms with E-state index in [4.69, 9.17) is 9.15 Å². The smallest absolute Gasteiger partial charge is 0.130 e. The Hall–Kier alpha value is -0.800. The van der Waals surface area contributed by atoms with E-state index in [-0.39, 0.29) is 0 Å². The van der Waals surface area contributed by atoms with Crippen LogP contribution < -0.4 is 5.32 Å². The van der Waals surface area contributed by atoms with Crippen molar-refractivity contribution in [2.24, 2.45) is 5.41 Å². The van der Waals surface area contributed by atoms with Crippen LogP contribution in [0.3, 0.4) is 0 Å². The molecule has 3 heteroatoms. The van der Waals surface area contributed by atoms with Crippen LogP contribution in [0.5, 0.6) is 0 Å². The minimum atomic E-state index is 0.329. The summed E-state index contributed by atoms with van der Waals surface area (Å²) in [4.78, 5) is 0. The van der Waals surface area contributed by atoms with E-state index in [9.17, 15) is 0 Å². The van der Waals surface area contributed by atoms with Crippen LogP contribution in [0.4, 0.5) is 0 Å². The van der Waals surface area contributed by atoms with Crippen LogP contribution in [0.25, 0.3) is 0 Å². The molecule has 3 nitrogen and oxygen atoms in total. The fourth-order valence-corrected chi connectivity index (χ4v) is 1.65. The molecule has 0 fully saturated rings. The number of rotatable bonds is 7. The molecule has 104 valence electrons. The Kier molecular flexibility index (Phi) is 5.89. The zero-order chi connectivity index (χ0) is 13.6. The van der Waals surface area contributed by atoms with Crippen molar-refractivity contribution in [3.8, 4) is 0 Å². The molecular weight excluding hydrogens is 226 g/mol. The topological polar surface area (TPSA) is 34.4 Å². The van der Waals surface area contributed by atoms with Gasteiger partial charge in [0.15, 0.2) is 0 Å². The maximum Gasteiger partial charge on any atom is 0.130 e. The van der Waals surface area contributed by atoms with Gasteiger partial charge in [-0.05, 0) is 31.4 Å². The maximum absolute atomic E-state index is 5.68. The molecule has 1 aromatic rings. The SMILES string of the molecule is CCNCc1cc(COCCC(C)(C)C)oc1C. The molecule has 18 heavy (non-hydrogen) atoms. The van der Waals surface area contributed by atoms with E-state index in [2.05, 4.69) is 39.1 Å². The molecule has 0 radical (unpaired) electrons. The number of furan rings is 1. The van der Waals surface area contributed by atoms with Gasteiger partial charge in [-0.25, -0.2) is 0 Å². The molecule has 1 heterocycles. The van der Waals surface area contributed by atoms with E-state index >= 15 is 0 Å². The third-order valence-corrected chi connectivity index (χ3v) is 2.88. The third-order valence-electron chi connectivity index (χ3n) is 2.88. The Morgan fingerprint density at radius 2 is 2.06 bits per heavy atom. The van der Waals surface area contributed by atoms with E-state index in [1.54, 1.807) is 0 Å². The molecule has 0 aliphatic rings. The molecule has 0 atom stereocenters. The van der Waals surface area contributed by atoms with E-state index < -0.39 is 0 Å². The summed E-state index contributed by atoms with van der Waals surface area (Å²) in [5.41, 5.74) is 1.56. The lowest BCUT2D eigenvalue weighted by molar-refractivity contribution is 0.0839. The first-order valence-corrected chi connectivity index (χ1v) is 6.79. The Bertz CT molecular complexity index is 350. The minimum absolute atomic E-state index is 0.329. The summed E-state index contributed by atoms with van der Waals surface area (Å²) in [5, 5.41) is 3.31. The highest BCUT2D eigenvalue weighted by atomic mass is 16.5. The summed E-state index contributed by atoms with van der Waals surface area (Å²) in [6, 6.07) is 2.09. The van der Waals surface area contributed by atoms with Crippen LogP contribution in [-0.4, -0.2) is 13.2 Å². The number of nitrogens with one attached hydrogen (secondary N) is 1. The zero-order valence-corrected chi connectivity index (χ0v) is 12.4. The Labute approximate surface area is 111 Å². The monoisotopic (exact) mass is 253 g/mol. The van der Waals surface area contributed by atoms with Crippen molar-refractivity contribution < 1.29 is 9.15 Å². The van der Waals surface area contributed by atoms with Gasteiger partial charge in [0.25, 0.3) is 0 Å². The lowest BCUT2D eigenvalue weighted by Crippen LogP contribution is -2.11. The van der Waals surface area contributed by atoms with Crippen LogP contribution in [-0.2, 0) is 17.9 Å². The summed E-state index contributed by atoms with van der Waals surface area (Å²) in [6.45, 7) is 14.0. The molecule has 0 unspecified atom stereocenters. The van der Waals surface area contributed by atoms with Crippen LogP contribution in [0, 0.1) is 12.3 Å². The second-order valence-corrected chi connectivity index (χ2v) is 5.94. The van der Waals surface area contributed by atoms with Gasteiger partial charge in [-0.1, -0.05) is 27.7 Å². The van der Waals surface area contributed by atoms with E-state index in [0.717, 1.165) is 37.6 Å². The number of ether oxygens (including phenoxy) is 1. The fourth-order valence-electron chi connectivity index (χ4n) is 1.65. The molecule has 0 aliphatic heterocycles.